The first-order valence-corrected chi connectivity index (χ1v) is 12.5. The number of hydrogen-bond donors (Lipinski definition) is 1. The molecular weight excluding hydrogens is 458 g/mol. The van der Waals surface area contributed by atoms with Crippen molar-refractivity contribution in [3.05, 3.63) is 83.8 Å². The van der Waals surface area contributed by atoms with Crippen LogP contribution in [0.25, 0.3) is 0 Å². The number of aromatic nitrogens is 1. The fraction of sp³-hybridized carbons (Fsp3) is 0.250. The number of fused-ring (bicyclic) bond motifs is 1. The number of pyridine rings is 1. The molecule has 1 N–H and O–H groups in total. The lowest BCUT2D eigenvalue weighted by molar-refractivity contribution is -0.693. The molecule has 0 aliphatic carbocycles. The van der Waals surface area contributed by atoms with E-state index < -0.39 is 23.3 Å². The molecule has 1 aromatic heterocycles. The molecule has 1 saturated heterocycles. The number of carboxylic acid groups (broad SMARTS) is 1. The van der Waals surface area contributed by atoms with Crippen LogP contribution in [0.15, 0.2) is 83.0 Å². The highest BCUT2D eigenvalue weighted by molar-refractivity contribution is 8.00. The van der Waals surface area contributed by atoms with Gasteiger partial charge in [-0.1, -0.05) is 30.3 Å². The standard InChI is InChI=1S/C24H23N3O4S2/c1-16-8-5-6-12-26(16)13-7-9-17-14-33-23-20(22(29)27(23)21(17)24(30)31)25-19(28)15-32-18-10-3-2-4-11-18/h2-12,20,23H,13-15H2,1H3,(H-,25,28,30,31)/b9-7+/t20-,23-/m1/s1. The minimum Gasteiger partial charge on any atom is -0.543 e. The van der Waals surface area contributed by atoms with Gasteiger partial charge in [0.1, 0.15) is 11.4 Å². The highest BCUT2D eigenvalue weighted by Crippen LogP contribution is 2.40. The third kappa shape index (κ3) is 5.15. The number of aliphatic carboxylic acids is 1. The Morgan fingerprint density at radius 1 is 1.24 bits per heavy atom. The van der Waals surface area contributed by atoms with Gasteiger partial charge in [0.05, 0.1) is 17.4 Å². The molecule has 1 fully saturated rings. The van der Waals surface area contributed by atoms with E-state index in [4.69, 9.17) is 0 Å². The number of carbonyl (C=O) groups excluding carboxylic acids is 3. The number of nitrogens with zero attached hydrogens (tertiary/aromatic N) is 2. The maximum atomic E-state index is 12.7. The van der Waals surface area contributed by atoms with Crippen LogP contribution < -0.4 is 15.0 Å². The van der Waals surface area contributed by atoms with Gasteiger partial charge >= 0.3 is 0 Å². The zero-order valence-electron chi connectivity index (χ0n) is 18.0. The second-order valence-corrected chi connectivity index (χ2v) is 9.77. The van der Waals surface area contributed by atoms with Crippen LogP contribution in [0.1, 0.15) is 5.69 Å². The van der Waals surface area contributed by atoms with Crippen molar-refractivity contribution in [1.29, 1.82) is 0 Å². The Bertz CT molecular complexity index is 1130. The van der Waals surface area contributed by atoms with Gasteiger partial charge in [-0.05, 0) is 23.8 Å². The van der Waals surface area contributed by atoms with Gasteiger partial charge in [0.25, 0.3) is 5.91 Å². The number of allylic oxidation sites excluding steroid dienone is 2. The summed E-state index contributed by atoms with van der Waals surface area (Å²) in [6.45, 7) is 2.57. The number of hydrogen-bond acceptors (Lipinski definition) is 6. The van der Waals surface area contributed by atoms with E-state index in [0.29, 0.717) is 17.9 Å². The number of nitrogens with one attached hydrogen (secondary N) is 1. The summed E-state index contributed by atoms with van der Waals surface area (Å²) in [4.78, 5) is 39.2. The summed E-state index contributed by atoms with van der Waals surface area (Å²) in [6.07, 6.45) is 5.56. The number of β-lactam (4-membered cyclic amide) rings is 1. The molecule has 33 heavy (non-hydrogen) atoms. The summed E-state index contributed by atoms with van der Waals surface area (Å²) >= 11 is 2.82. The lowest BCUT2D eigenvalue weighted by atomic mass is 10.0. The summed E-state index contributed by atoms with van der Waals surface area (Å²) in [6, 6.07) is 14.7. The average Bonchev–Trinajstić information content (AvgIpc) is 2.82. The number of thioether (sulfide) groups is 2. The highest BCUT2D eigenvalue weighted by Gasteiger charge is 2.52. The Kier molecular flexibility index (Phi) is 7.20. The largest absolute Gasteiger partial charge is 0.543 e. The predicted octanol–water partition coefficient (Wildman–Crippen LogP) is 1.03. The Morgan fingerprint density at radius 2 is 2.00 bits per heavy atom. The fourth-order valence-corrected chi connectivity index (χ4v) is 5.77. The van der Waals surface area contributed by atoms with Crippen molar-refractivity contribution >= 4 is 41.3 Å². The van der Waals surface area contributed by atoms with Crippen molar-refractivity contribution < 1.29 is 24.1 Å². The number of carboxylic acids is 1. The van der Waals surface area contributed by atoms with Crippen LogP contribution in [0.5, 0.6) is 0 Å². The maximum absolute atomic E-state index is 12.7. The van der Waals surface area contributed by atoms with E-state index in [9.17, 15) is 19.5 Å². The minimum atomic E-state index is -1.39. The van der Waals surface area contributed by atoms with E-state index in [1.54, 1.807) is 6.08 Å². The molecule has 2 aromatic rings. The van der Waals surface area contributed by atoms with Crippen molar-refractivity contribution in [3.63, 3.8) is 0 Å². The first kappa shape index (κ1) is 23.1. The van der Waals surface area contributed by atoms with E-state index in [1.807, 2.05) is 72.3 Å². The van der Waals surface area contributed by atoms with E-state index in [-0.39, 0.29) is 17.4 Å². The van der Waals surface area contributed by atoms with Crippen LogP contribution in [0, 0.1) is 6.92 Å². The van der Waals surface area contributed by atoms with E-state index in [2.05, 4.69) is 5.32 Å². The molecule has 4 rings (SSSR count). The van der Waals surface area contributed by atoms with Crippen LogP contribution in [0.2, 0.25) is 0 Å². The fourth-order valence-electron chi connectivity index (χ4n) is 3.72. The van der Waals surface area contributed by atoms with Crippen molar-refractivity contribution in [2.24, 2.45) is 0 Å². The number of benzene rings is 1. The Balaban J connectivity index is 1.40. The van der Waals surface area contributed by atoms with Gasteiger partial charge in [0.2, 0.25) is 5.91 Å². The molecule has 2 atom stereocenters. The van der Waals surface area contributed by atoms with Crippen LogP contribution in [0.4, 0.5) is 0 Å². The Hall–Kier alpha value is -3.04. The van der Waals surface area contributed by atoms with Crippen LogP contribution in [-0.4, -0.2) is 45.6 Å². The molecule has 9 heteroatoms. The molecule has 7 nitrogen and oxygen atoms in total. The Morgan fingerprint density at radius 3 is 2.73 bits per heavy atom. The van der Waals surface area contributed by atoms with Crippen molar-refractivity contribution in [2.75, 3.05) is 11.5 Å². The lowest BCUT2D eigenvalue weighted by Crippen LogP contribution is -2.71. The molecule has 2 amide bonds. The van der Waals surface area contributed by atoms with Gasteiger partial charge in [0, 0.05) is 29.7 Å². The number of aryl methyl sites for hydroxylation is 1. The van der Waals surface area contributed by atoms with Gasteiger partial charge in [-0.2, -0.15) is 4.57 Å². The van der Waals surface area contributed by atoms with Gasteiger partial charge in [-0.25, -0.2) is 0 Å². The quantitative estimate of drug-likeness (QED) is 0.344. The number of rotatable bonds is 8. The zero-order chi connectivity index (χ0) is 23.4. The smallest absolute Gasteiger partial charge is 0.253 e. The topological polar surface area (TPSA) is 93.4 Å². The van der Waals surface area contributed by atoms with E-state index >= 15 is 0 Å². The van der Waals surface area contributed by atoms with Crippen molar-refractivity contribution in [2.45, 2.75) is 29.8 Å². The molecule has 0 spiro atoms. The average molecular weight is 482 g/mol. The van der Waals surface area contributed by atoms with E-state index in [0.717, 1.165) is 10.6 Å². The SMILES string of the molecule is Cc1cccc[n+]1C/C=C/C1=C(C(=O)[O-])N2C(=O)[C@@H](NC(=O)CSc3ccccc3)[C@H]2SC1. The lowest BCUT2D eigenvalue weighted by Gasteiger charge is -2.50. The molecule has 170 valence electrons. The maximum Gasteiger partial charge on any atom is 0.253 e. The molecule has 1 aromatic carbocycles. The predicted molar refractivity (Wildman–Crippen MR) is 125 cm³/mol. The summed E-state index contributed by atoms with van der Waals surface area (Å²) in [7, 11) is 0. The monoisotopic (exact) mass is 481 g/mol. The number of amides is 2. The second-order valence-electron chi connectivity index (χ2n) is 7.61. The van der Waals surface area contributed by atoms with E-state index in [1.165, 1.54) is 28.4 Å². The van der Waals surface area contributed by atoms with Crippen LogP contribution >= 0.6 is 23.5 Å². The van der Waals surface area contributed by atoms with Crippen molar-refractivity contribution in [1.82, 2.24) is 10.2 Å². The molecule has 0 radical (unpaired) electrons. The molecule has 2 aliphatic rings. The third-order valence-corrected chi connectivity index (χ3v) is 7.72. The van der Waals surface area contributed by atoms with Gasteiger partial charge in [-0.15, -0.1) is 23.5 Å². The van der Waals surface area contributed by atoms with Crippen LogP contribution in [0.3, 0.4) is 0 Å². The molecular formula is C24H23N3O4S2. The molecule has 0 unspecified atom stereocenters. The Labute approximate surface area is 200 Å². The molecule has 0 saturated carbocycles. The normalized spacial score (nSPS) is 19.9. The van der Waals surface area contributed by atoms with Gasteiger partial charge in [0.15, 0.2) is 18.4 Å². The van der Waals surface area contributed by atoms with Gasteiger partial charge in [-0.3, -0.25) is 14.5 Å². The molecule has 2 aliphatic heterocycles. The van der Waals surface area contributed by atoms with Gasteiger partial charge < -0.3 is 15.2 Å². The second kappa shape index (κ2) is 10.3. The minimum absolute atomic E-state index is 0.112. The van der Waals surface area contributed by atoms with Crippen molar-refractivity contribution in [3.8, 4) is 0 Å². The zero-order valence-corrected chi connectivity index (χ0v) is 19.6. The number of carbonyl (C=O) groups is 3. The summed E-state index contributed by atoms with van der Waals surface area (Å²) in [5.41, 5.74) is 1.50. The first-order chi connectivity index (χ1) is 16.0. The first-order valence-electron chi connectivity index (χ1n) is 10.4. The summed E-state index contributed by atoms with van der Waals surface area (Å²) in [5.74, 6) is -1.48. The highest BCUT2D eigenvalue weighted by atomic mass is 32.2. The third-order valence-electron chi connectivity index (χ3n) is 5.41. The molecule has 3 heterocycles. The molecule has 0 bridgehead atoms. The summed E-state index contributed by atoms with van der Waals surface area (Å²) in [5, 5.41) is 14.2. The van der Waals surface area contributed by atoms with Crippen LogP contribution in [-0.2, 0) is 20.9 Å². The summed E-state index contributed by atoms with van der Waals surface area (Å²) < 4.78 is 2.03.